The molecule has 1 unspecified atom stereocenters. The van der Waals surface area contributed by atoms with E-state index < -0.39 is 11.9 Å². The summed E-state index contributed by atoms with van der Waals surface area (Å²) in [5, 5.41) is 17.8. The van der Waals surface area contributed by atoms with Crippen molar-refractivity contribution in [2.24, 2.45) is 5.92 Å². The lowest BCUT2D eigenvalue weighted by atomic mass is 10.2. The normalized spacial score (nSPS) is 18.4. The number of rotatable bonds is 5. The number of carboxylic acid groups (broad SMARTS) is 1. The summed E-state index contributed by atoms with van der Waals surface area (Å²) in [6.45, 7) is 5.48. The van der Waals surface area contributed by atoms with Gasteiger partial charge in [0.15, 0.2) is 0 Å². The molecule has 1 saturated heterocycles. The van der Waals surface area contributed by atoms with Crippen molar-refractivity contribution >= 4 is 12.0 Å². The molecule has 116 valence electrons. The first-order valence-electron chi connectivity index (χ1n) is 7.01. The van der Waals surface area contributed by atoms with Gasteiger partial charge in [-0.15, -0.1) is 0 Å². The van der Waals surface area contributed by atoms with E-state index in [-0.39, 0.29) is 19.2 Å². The molecular weight excluding hydrogens is 262 g/mol. The first-order chi connectivity index (χ1) is 9.45. The SMILES string of the molecule is CC(CN(C)C(=O)N1CCCN(CCO)CC1)C(=O)O. The second-order valence-electron chi connectivity index (χ2n) is 5.31. The molecule has 1 rings (SSSR count). The molecular formula is C13H25N3O4. The number of aliphatic carboxylic acids is 1. The predicted molar refractivity (Wildman–Crippen MR) is 74.5 cm³/mol. The lowest BCUT2D eigenvalue weighted by Crippen LogP contribution is -2.45. The number of hydrogen-bond acceptors (Lipinski definition) is 4. The molecule has 0 spiro atoms. The number of carbonyl (C=O) groups is 2. The minimum Gasteiger partial charge on any atom is -0.481 e. The highest BCUT2D eigenvalue weighted by Gasteiger charge is 2.23. The van der Waals surface area contributed by atoms with Crippen molar-refractivity contribution in [2.75, 3.05) is 52.9 Å². The van der Waals surface area contributed by atoms with Crippen LogP contribution in [0.1, 0.15) is 13.3 Å². The monoisotopic (exact) mass is 287 g/mol. The van der Waals surface area contributed by atoms with Crippen molar-refractivity contribution in [2.45, 2.75) is 13.3 Å². The minimum absolute atomic E-state index is 0.121. The van der Waals surface area contributed by atoms with Gasteiger partial charge in [0.25, 0.3) is 0 Å². The van der Waals surface area contributed by atoms with E-state index in [9.17, 15) is 9.59 Å². The van der Waals surface area contributed by atoms with Gasteiger partial charge in [0.05, 0.1) is 12.5 Å². The van der Waals surface area contributed by atoms with Gasteiger partial charge in [-0.05, 0) is 13.0 Å². The molecule has 1 fully saturated rings. The largest absolute Gasteiger partial charge is 0.481 e. The van der Waals surface area contributed by atoms with Crippen LogP contribution in [-0.2, 0) is 4.79 Å². The Morgan fingerprint density at radius 2 is 1.95 bits per heavy atom. The number of urea groups is 1. The van der Waals surface area contributed by atoms with Gasteiger partial charge in [-0.3, -0.25) is 9.69 Å². The number of β-amino-alcohol motifs (C(OH)–C–C–N with tert-alkyl or cyclic N) is 1. The summed E-state index contributed by atoms with van der Waals surface area (Å²) in [6, 6.07) is -0.121. The number of aliphatic hydroxyl groups excluding tert-OH is 1. The van der Waals surface area contributed by atoms with Gasteiger partial charge >= 0.3 is 12.0 Å². The van der Waals surface area contributed by atoms with E-state index in [0.29, 0.717) is 19.6 Å². The maximum Gasteiger partial charge on any atom is 0.319 e. The van der Waals surface area contributed by atoms with E-state index in [4.69, 9.17) is 10.2 Å². The van der Waals surface area contributed by atoms with Crippen LogP contribution >= 0.6 is 0 Å². The molecule has 0 bridgehead atoms. The Kier molecular flexibility index (Phi) is 6.74. The van der Waals surface area contributed by atoms with Gasteiger partial charge < -0.3 is 20.0 Å². The average Bonchev–Trinajstić information content (AvgIpc) is 2.63. The maximum absolute atomic E-state index is 12.3. The van der Waals surface area contributed by atoms with Gasteiger partial charge in [-0.25, -0.2) is 4.79 Å². The molecule has 7 heteroatoms. The van der Waals surface area contributed by atoms with Crippen LogP contribution < -0.4 is 0 Å². The van der Waals surface area contributed by atoms with Crippen molar-refractivity contribution < 1.29 is 19.8 Å². The van der Waals surface area contributed by atoms with Crippen LogP contribution in [0.3, 0.4) is 0 Å². The van der Waals surface area contributed by atoms with Gasteiger partial charge in [0.1, 0.15) is 0 Å². The summed E-state index contributed by atoms with van der Waals surface area (Å²) in [6.07, 6.45) is 0.869. The highest BCUT2D eigenvalue weighted by Crippen LogP contribution is 2.07. The summed E-state index contributed by atoms with van der Waals surface area (Å²) in [5.74, 6) is -1.46. The molecule has 2 amide bonds. The van der Waals surface area contributed by atoms with E-state index in [1.807, 2.05) is 0 Å². The first kappa shape index (κ1) is 16.7. The Balaban J connectivity index is 2.48. The molecule has 0 aliphatic carbocycles. The van der Waals surface area contributed by atoms with Gasteiger partial charge in [-0.1, -0.05) is 6.92 Å². The molecule has 1 atom stereocenters. The standard InChI is InChI=1S/C13H25N3O4/c1-11(12(18)19)10-14(2)13(20)16-5-3-4-15(6-7-16)8-9-17/h11,17H,3-10H2,1-2H3,(H,18,19). The Morgan fingerprint density at radius 1 is 1.25 bits per heavy atom. The van der Waals surface area contributed by atoms with Gasteiger partial charge in [0.2, 0.25) is 0 Å². The third kappa shape index (κ3) is 4.97. The zero-order chi connectivity index (χ0) is 15.1. The second-order valence-corrected chi connectivity index (χ2v) is 5.31. The smallest absolute Gasteiger partial charge is 0.319 e. The fourth-order valence-electron chi connectivity index (χ4n) is 2.34. The quantitative estimate of drug-likeness (QED) is 0.729. The van der Waals surface area contributed by atoms with Crippen LogP contribution in [0.15, 0.2) is 0 Å². The number of amides is 2. The number of carboxylic acids is 1. The summed E-state index contributed by atoms with van der Waals surface area (Å²) in [7, 11) is 1.64. The van der Waals surface area contributed by atoms with E-state index >= 15 is 0 Å². The number of hydrogen-bond donors (Lipinski definition) is 2. The van der Waals surface area contributed by atoms with Crippen LogP contribution in [0.4, 0.5) is 4.79 Å². The van der Waals surface area contributed by atoms with Gasteiger partial charge in [0, 0.05) is 39.8 Å². The number of nitrogens with zero attached hydrogens (tertiary/aromatic N) is 3. The summed E-state index contributed by atoms with van der Waals surface area (Å²) >= 11 is 0. The van der Waals surface area contributed by atoms with Crippen molar-refractivity contribution in [3.63, 3.8) is 0 Å². The van der Waals surface area contributed by atoms with Crippen LogP contribution in [0.25, 0.3) is 0 Å². The highest BCUT2D eigenvalue weighted by molar-refractivity contribution is 5.76. The van der Waals surface area contributed by atoms with Crippen molar-refractivity contribution in [1.29, 1.82) is 0 Å². The van der Waals surface area contributed by atoms with Crippen LogP contribution in [0.2, 0.25) is 0 Å². The lowest BCUT2D eigenvalue weighted by molar-refractivity contribution is -0.141. The fourth-order valence-corrected chi connectivity index (χ4v) is 2.34. The third-order valence-electron chi connectivity index (χ3n) is 3.57. The zero-order valence-corrected chi connectivity index (χ0v) is 12.3. The van der Waals surface area contributed by atoms with Crippen LogP contribution in [0.5, 0.6) is 0 Å². The molecule has 0 aromatic carbocycles. The summed E-state index contributed by atoms with van der Waals surface area (Å²) in [4.78, 5) is 28.4. The van der Waals surface area contributed by atoms with Crippen molar-refractivity contribution in [3.05, 3.63) is 0 Å². The fraction of sp³-hybridized carbons (Fsp3) is 0.846. The molecule has 0 saturated carbocycles. The Hall–Kier alpha value is -1.34. The van der Waals surface area contributed by atoms with Crippen LogP contribution in [0, 0.1) is 5.92 Å². The predicted octanol–water partition coefficient (Wildman–Crippen LogP) is -0.241. The molecule has 0 aromatic heterocycles. The molecule has 0 aromatic rings. The third-order valence-corrected chi connectivity index (χ3v) is 3.57. The van der Waals surface area contributed by atoms with Crippen LogP contribution in [-0.4, -0.2) is 89.8 Å². The van der Waals surface area contributed by atoms with Crippen molar-refractivity contribution in [3.8, 4) is 0 Å². The lowest BCUT2D eigenvalue weighted by Gasteiger charge is -2.28. The summed E-state index contributed by atoms with van der Waals surface area (Å²) in [5.41, 5.74) is 0. The van der Waals surface area contributed by atoms with E-state index in [1.165, 1.54) is 4.90 Å². The zero-order valence-electron chi connectivity index (χ0n) is 12.3. The minimum atomic E-state index is -0.894. The summed E-state index contributed by atoms with van der Waals surface area (Å²) < 4.78 is 0. The molecule has 1 aliphatic heterocycles. The molecule has 2 N–H and O–H groups in total. The van der Waals surface area contributed by atoms with Crippen molar-refractivity contribution in [1.82, 2.24) is 14.7 Å². The van der Waals surface area contributed by atoms with E-state index in [1.54, 1.807) is 18.9 Å². The maximum atomic E-state index is 12.3. The topological polar surface area (TPSA) is 84.3 Å². The molecule has 0 radical (unpaired) electrons. The Morgan fingerprint density at radius 3 is 2.55 bits per heavy atom. The van der Waals surface area contributed by atoms with E-state index in [2.05, 4.69) is 4.90 Å². The molecule has 7 nitrogen and oxygen atoms in total. The molecule has 1 aliphatic rings. The highest BCUT2D eigenvalue weighted by atomic mass is 16.4. The molecule has 1 heterocycles. The molecule has 20 heavy (non-hydrogen) atoms. The number of carbonyl (C=O) groups excluding carboxylic acids is 1. The number of aliphatic hydroxyl groups is 1. The second kappa shape index (κ2) is 8.06. The first-order valence-corrected chi connectivity index (χ1v) is 7.01. The Labute approximate surface area is 119 Å². The Bertz CT molecular complexity index is 338. The average molecular weight is 287 g/mol. The van der Waals surface area contributed by atoms with Gasteiger partial charge in [-0.2, -0.15) is 0 Å². The van der Waals surface area contributed by atoms with E-state index in [0.717, 1.165) is 19.5 Å².